The molecule has 0 bridgehead atoms. The lowest BCUT2D eigenvalue weighted by molar-refractivity contribution is 0.514. The molecule has 1 fully saturated rings. The summed E-state index contributed by atoms with van der Waals surface area (Å²) < 4.78 is 0. The van der Waals surface area contributed by atoms with Crippen molar-refractivity contribution in [2.24, 2.45) is 0 Å². The summed E-state index contributed by atoms with van der Waals surface area (Å²) in [6, 6.07) is 2.36. The molecule has 1 saturated carbocycles. The van der Waals surface area contributed by atoms with E-state index in [1.807, 2.05) is 0 Å². The van der Waals surface area contributed by atoms with Gasteiger partial charge in [0.05, 0.1) is 6.54 Å². The monoisotopic (exact) mass is 192 g/mol. The van der Waals surface area contributed by atoms with E-state index in [2.05, 4.69) is 15.3 Å². The largest absolute Gasteiger partial charge is 0.384 e. The maximum Gasteiger partial charge on any atom is 0.144 e. The number of hydrogen-bond acceptors (Lipinski definition) is 4. The van der Waals surface area contributed by atoms with Crippen LogP contribution < -0.4 is 11.1 Å². The molecule has 0 aromatic carbocycles. The summed E-state index contributed by atoms with van der Waals surface area (Å²) >= 11 is 0. The van der Waals surface area contributed by atoms with Crippen molar-refractivity contribution in [1.29, 1.82) is 0 Å². The lowest BCUT2D eigenvalue weighted by Gasteiger charge is -2.10. The van der Waals surface area contributed by atoms with Crippen molar-refractivity contribution in [3.8, 4) is 0 Å². The average molecular weight is 192 g/mol. The predicted octanol–water partition coefficient (Wildman–Crippen LogP) is 1.09. The number of nitrogen functional groups attached to an aromatic ring is 1. The number of hydrogen-bond donors (Lipinski definition) is 2. The second-order valence-electron chi connectivity index (χ2n) is 3.76. The number of nitrogens with one attached hydrogen (secondary N) is 1. The van der Waals surface area contributed by atoms with Gasteiger partial charge in [-0.25, -0.2) is 9.97 Å². The van der Waals surface area contributed by atoms with Crippen molar-refractivity contribution in [2.45, 2.75) is 38.3 Å². The van der Waals surface area contributed by atoms with Gasteiger partial charge in [0.2, 0.25) is 0 Å². The SMILES string of the molecule is Nc1ccnc(CNC2CCCC2)n1. The van der Waals surface area contributed by atoms with Crippen LogP contribution in [0.3, 0.4) is 0 Å². The highest BCUT2D eigenvalue weighted by atomic mass is 15.0. The molecule has 1 heterocycles. The topological polar surface area (TPSA) is 63.8 Å². The summed E-state index contributed by atoms with van der Waals surface area (Å²) in [6.45, 7) is 0.732. The predicted molar refractivity (Wildman–Crippen MR) is 55.5 cm³/mol. The Kier molecular flexibility index (Phi) is 2.93. The molecule has 76 valence electrons. The summed E-state index contributed by atoms with van der Waals surface area (Å²) in [5, 5.41) is 3.44. The minimum absolute atomic E-state index is 0.545. The van der Waals surface area contributed by atoms with E-state index in [1.165, 1.54) is 25.7 Å². The van der Waals surface area contributed by atoms with Crippen molar-refractivity contribution >= 4 is 5.82 Å². The van der Waals surface area contributed by atoms with Crippen molar-refractivity contribution in [3.63, 3.8) is 0 Å². The summed E-state index contributed by atoms with van der Waals surface area (Å²) in [4.78, 5) is 8.29. The second kappa shape index (κ2) is 4.37. The smallest absolute Gasteiger partial charge is 0.144 e. The summed E-state index contributed by atoms with van der Waals surface area (Å²) in [5.41, 5.74) is 5.56. The van der Waals surface area contributed by atoms with Crippen LogP contribution in [0.2, 0.25) is 0 Å². The number of anilines is 1. The minimum Gasteiger partial charge on any atom is -0.384 e. The van der Waals surface area contributed by atoms with Crippen LogP contribution in [0.25, 0.3) is 0 Å². The average Bonchev–Trinajstić information content (AvgIpc) is 2.67. The number of nitrogens with zero attached hydrogens (tertiary/aromatic N) is 2. The highest BCUT2D eigenvalue weighted by molar-refractivity contribution is 5.24. The molecule has 3 N–H and O–H groups in total. The number of nitrogens with two attached hydrogens (primary N) is 1. The van der Waals surface area contributed by atoms with E-state index in [1.54, 1.807) is 12.3 Å². The van der Waals surface area contributed by atoms with Crippen LogP contribution in [0, 0.1) is 0 Å². The van der Waals surface area contributed by atoms with E-state index >= 15 is 0 Å². The first-order valence-electron chi connectivity index (χ1n) is 5.15. The van der Waals surface area contributed by atoms with E-state index in [9.17, 15) is 0 Å². The van der Waals surface area contributed by atoms with Crippen LogP contribution in [0.4, 0.5) is 5.82 Å². The summed E-state index contributed by atoms with van der Waals surface area (Å²) in [5.74, 6) is 1.33. The van der Waals surface area contributed by atoms with E-state index in [4.69, 9.17) is 5.73 Å². The Bertz CT molecular complexity index is 294. The fraction of sp³-hybridized carbons (Fsp3) is 0.600. The third-order valence-electron chi connectivity index (χ3n) is 2.63. The Labute approximate surface area is 83.9 Å². The van der Waals surface area contributed by atoms with E-state index in [0.29, 0.717) is 11.9 Å². The van der Waals surface area contributed by atoms with Crippen LogP contribution in [0.1, 0.15) is 31.5 Å². The normalized spacial score (nSPS) is 17.4. The fourth-order valence-corrected chi connectivity index (χ4v) is 1.87. The number of rotatable bonds is 3. The second-order valence-corrected chi connectivity index (χ2v) is 3.76. The number of aromatic nitrogens is 2. The maximum atomic E-state index is 5.56. The van der Waals surface area contributed by atoms with Crippen molar-refractivity contribution in [1.82, 2.24) is 15.3 Å². The fourth-order valence-electron chi connectivity index (χ4n) is 1.87. The molecule has 14 heavy (non-hydrogen) atoms. The third kappa shape index (κ3) is 2.42. The first-order valence-corrected chi connectivity index (χ1v) is 5.15. The Morgan fingerprint density at radius 3 is 2.93 bits per heavy atom. The lowest BCUT2D eigenvalue weighted by atomic mass is 10.2. The Balaban J connectivity index is 1.85. The molecule has 0 spiro atoms. The van der Waals surface area contributed by atoms with Crippen LogP contribution >= 0.6 is 0 Å². The van der Waals surface area contributed by atoms with Gasteiger partial charge in [0, 0.05) is 12.2 Å². The summed E-state index contributed by atoms with van der Waals surface area (Å²) in [7, 11) is 0. The summed E-state index contributed by atoms with van der Waals surface area (Å²) in [6.07, 6.45) is 6.95. The molecular weight excluding hydrogens is 176 g/mol. The molecule has 0 atom stereocenters. The molecule has 0 amide bonds. The van der Waals surface area contributed by atoms with Gasteiger partial charge >= 0.3 is 0 Å². The molecule has 1 aliphatic rings. The Hall–Kier alpha value is -1.16. The van der Waals surface area contributed by atoms with Crippen molar-refractivity contribution in [2.75, 3.05) is 5.73 Å². The molecule has 1 aliphatic carbocycles. The van der Waals surface area contributed by atoms with E-state index in [-0.39, 0.29) is 0 Å². The quantitative estimate of drug-likeness (QED) is 0.752. The van der Waals surface area contributed by atoms with Crippen LogP contribution in [-0.4, -0.2) is 16.0 Å². The van der Waals surface area contributed by atoms with Crippen molar-refractivity contribution in [3.05, 3.63) is 18.1 Å². The van der Waals surface area contributed by atoms with E-state index in [0.717, 1.165) is 12.4 Å². The molecule has 0 radical (unpaired) electrons. The van der Waals surface area contributed by atoms with Gasteiger partial charge in [-0.2, -0.15) is 0 Å². The molecule has 1 aromatic heterocycles. The molecule has 1 aromatic rings. The van der Waals surface area contributed by atoms with Crippen LogP contribution in [-0.2, 0) is 6.54 Å². The molecule has 0 saturated heterocycles. The molecule has 2 rings (SSSR count). The molecule has 0 aliphatic heterocycles. The molecule has 4 heteroatoms. The van der Waals surface area contributed by atoms with Gasteiger partial charge in [-0.3, -0.25) is 0 Å². The molecular formula is C10H16N4. The van der Waals surface area contributed by atoms with Crippen LogP contribution in [0.15, 0.2) is 12.3 Å². The first-order chi connectivity index (χ1) is 6.84. The van der Waals surface area contributed by atoms with Gasteiger partial charge in [0.15, 0.2) is 0 Å². The standard InChI is InChI=1S/C10H16N4/c11-9-5-6-12-10(14-9)7-13-8-3-1-2-4-8/h5-6,8,13H,1-4,7H2,(H2,11,12,14). The zero-order valence-electron chi connectivity index (χ0n) is 8.24. The highest BCUT2D eigenvalue weighted by Crippen LogP contribution is 2.17. The highest BCUT2D eigenvalue weighted by Gasteiger charge is 2.14. The van der Waals surface area contributed by atoms with Gasteiger partial charge < -0.3 is 11.1 Å². The van der Waals surface area contributed by atoms with Crippen LogP contribution in [0.5, 0.6) is 0 Å². The first kappa shape index (κ1) is 9.40. The zero-order chi connectivity index (χ0) is 9.80. The Morgan fingerprint density at radius 2 is 2.21 bits per heavy atom. The van der Waals surface area contributed by atoms with Gasteiger partial charge in [0.25, 0.3) is 0 Å². The van der Waals surface area contributed by atoms with Gasteiger partial charge in [-0.1, -0.05) is 12.8 Å². The lowest BCUT2D eigenvalue weighted by Crippen LogP contribution is -2.26. The maximum absolute atomic E-state index is 5.56. The zero-order valence-corrected chi connectivity index (χ0v) is 8.24. The third-order valence-corrected chi connectivity index (χ3v) is 2.63. The minimum atomic E-state index is 0.545. The van der Waals surface area contributed by atoms with E-state index < -0.39 is 0 Å². The molecule has 4 nitrogen and oxygen atoms in total. The molecule has 0 unspecified atom stereocenters. The van der Waals surface area contributed by atoms with Gasteiger partial charge in [-0.15, -0.1) is 0 Å². The van der Waals surface area contributed by atoms with Crippen molar-refractivity contribution < 1.29 is 0 Å². The van der Waals surface area contributed by atoms with Gasteiger partial charge in [-0.05, 0) is 18.9 Å². The Morgan fingerprint density at radius 1 is 1.43 bits per heavy atom. The van der Waals surface area contributed by atoms with Gasteiger partial charge in [0.1, 0.15) is 11.6 Å².